The molecule has 2 heterocycles. The van der Waals surface area contributed by atoms with Gasteiger partial charge < -0.3 is 19.7 Å². The van der Waals surface area contributed by atoms with Crippen molar-refractivity contribution in [2.24, 2.45) is 0 Å². The first-order valence-electron chi connectivity index (χ1n) is 8.61. The van der Waals surface area contributed by atoms with Crippen LogP contribution in [0.25, 0.3) is 6.08 Å². The van der Waals surface area contributed by atoms with E-state index in [0.29, 0.717) is 11.3 Å². The second-order valence-electron chi connectivity index (χ2n) is 7.57. The molecule has 0 fully saturated rings. The maximum atomic E-state index is 12.7. The summed E-state index contributed by atoms with van der Waals surface area (Å²) in [5, 5.41) is 21.4. The Bertz CT molecular complexity index is 879. The molecule has 6 nitrogen and oxygen atoms in total. The van der Waals surface area contributed by atoms with Crippen LogP contribution in [0.15, 0.2) is 24.3 Å². The van der Waals surface area contributed by atoms with Gasteiger partial charge in [-0.1, -0.05) is 0 Å². The monoisotopic (exact) mass is 356 g/mol. The van der Waals surface area contributed by atoms with Gasteiger partial charge in [0, 0.05) is 12.5 Å². The smallest absolute Gasteiger partial charge is 0.174 e. The molecule has 0 radical (unpaired) electrons. The number of hydrogen-bond donors (Lipinski definition) is 2. The van der Waals surface area contributed by atoms with Crippen LogP contribution < -0.4 is 9.47 Å². The fourth-order valence-corrected chi connectivity index (χ4v) is 3.59. The van der Waals surface area contributed by atoms with Crippen LogP contribution in [0.2, 0.25) is 0 Å². The van der Waals surface area contributed by atoms with Crippen molar-refractivity contribution in [2.45, 2.75) is 50.4 Å². The molecule has 136 valence electrons. The summed E-state index contributed by atoms with van der Waals surface area (Å²) in [5.74, 6) is 0.0600. The number of carbonyl (C=O) groups is 2. The van der Waals surface area contributed by atoms with Gasteiger partial charge in [-0.2, -0.15) is 0 Å². The Balaban J connectivity index is 1.75. The molecule has 3 aliphatic rings. The van der Waals surface area contributed by atoms with Gasteiger partial charge in [-0.05, 0) is 44.6 Å². The molecule has 6 heteroatoms. The molecule has 0 unspecified atom stereocenters. The average Bonchev–Trinajstić information content (AvgIpc) is 2.56. The van der Waals surface area contributed by atoms with E-state index in [1.807, 2.05) is 19.9 Å². The number of ether oxygens (including phenoxy) is 2. The van der Waals surface area contributed by atoms with E-state index in [4.69, 9.17) is 9.47 Å². The SMILES string of the molecule is CC1(C)C=Cc2c(cc3c(c2O)C(=O)C[C@@H]([C@]2(O)C=CC(=O)CC2)O3)O1. The summed E-state index contributed by atoms with van der Waals surface area (Å²) in [7, 11) is 0. The number of Topliss-reactive ketones (excluding diaryl/α,β-unsaturated/α-hetero) is 1. The highest BCUT2D eigenvalue weighted by molar-refractivity contribution is 6.04. The molecule has 0 amide bonds. The van der Waals surface area contributed by atoms with Gasteiger partial charge in [0.1, 0.15) is 40.1 Å². The number of allylic oxidation sites excluding steroid dienone is 1. The summed E-state index contributed by atoms with van der Waals surface area (Å²) in [6.07, 6.45) is 5.77. The minimum absolute atomic E-state index is 0.0636. The van der Waals surface area contributed by atoms with E-state index in [2.05, 4.69) is 0 Å². The van der Waals surface area contributed by atoms with Crippen molar-refractivity contribution in [1.29, 1.82) is 0 Å². The van der Waals surface area contributed by atoms with E-state index >= 15 is 0 Å². The number of hydrogen-bond acceptors (Lipinski definition) is 6. The number of rotatable bonds is 1. The third kappa shape index (κ3) is 2.61. The number of carbonyl (C=O) groups excluding carboxylic acids is 2. The molecule has 2 atom stereocenters. The van der Waals surface area contributed by atoms with E-state index < -0.39 is 17.3 Å². The van der Waals surface area contributed by atoms with E-state index in [0.717, 1.165) is 0 Å². The third-order valence-electron chi connectivity index (χ3n) is 5.10. The normalized spacial score (nSPS) is 28.8. The molecule has 0 saturated carbocycles. The first-order valence-corrected chi connectivity index (χ1v) is 8.61. The molecule has 26 heavy (non-hydrogen) atoms. The number of benzene rings is 1. The lowest BCUT2D eigenvalue weighted by Crippen LogP contribution is -2.48. The van der Waals surface area contributed by atoms with Crippen molar-refractivity contribution >= 4 is 17.6 Å². The summed E-state index contributed by atoms with van der Waals surface area (Å²) < 4.78 is 11.8. The largest absolute Gasteiger partial charge is 0.506 e. The standard InChI is InChI=1S/C20H20O6/c1-19(2)6-5-12-14(26-19)10-15-17(18(12)23)13(22)9-16(25-15)20(24)7-3-11(21)4-8-20/h3,5-7,10,16,23-24H,4,8-9H2,1-2H3/t16-,20-/m0/s1. The zero-order valence-corrected chi connectivity index (χ0v) is 14.6. The lowest BCUT2D eigenvalue weighted by molar-refractivity contribution is -0.118. The van der Waals surface area contributed by atoms with Gasteiger partial charge in [0.2, 0.25) is 0 Å². The van der Waals surface area contributed by atoms with E-state index in [1.54, 1.807) is 12.1 Å². The van der Waals surface area contributed by atoms with Gasteiger partial charge in [0.15, 0.2) is 11.6 Å². The van der Waals surface area contributed by atoms with Crippen LogP contribution in [-0.2, 0) is 4.79 Å². The maximum absolute atomic E-state index is 12.7. The van der Waals surface area contributed by atoms with E-state index in [9.17, 15) is 19.8 Å². The highest BCUT2D eigenvalue weighted by Crippen LogP contribution is 2.47. The molecule has 1 aromatic carbocycles. The zero-order valence-electron chi connectivity index (χ0n) is 14.6. The van der Waals surface area contributed by atoms with Crippen LogP contribution >= 0.6 is 0 Å². The van der Waals surface area contributed by atoms with Gasteiger partial charge in [-0.3, -0.25) is 9.59 Å². The molecule has 0 bridgehead atoms. The highest BCUT2D eigenvalue weighted by atomic mass is 16.5. The molecule has 0 saturated heterocycles. The Morgan fingerprint density at radius 2 is 1.92 bits per heavy atom. The number of aliphatic hydroxyl groups is 1. The number of phenols is 1. The van der Waals surface area contributed by atoms with E-state index in [1.165, 1.54) is 12.2 Å². The third-order valence-corrected chi connectivity index (χ3v) is 5.10. The fraction of sp³-hybridized carbons (Fsp3) is 0.400. The number of phenolic OH excluding ortho intramolecular Hbond substituents is 1. The van der Waals surface area contributed by atoms with Crippen LogP contribution in [0.3, 0.4) is 0 Å². The lowest BCUT2D eigenvalue weighted by Gasteiger charge is -2.38. The van der Waals surface area contributed by atoms with E-state index in [-0.39, 0.29) is 47.9 Å². The molecular formula is C20H20O6. The van der Waals surface area contributed by atoms with Crippen LogP contribution in [-0.4, -0.2) is 39.1 Å². The Kier molecular flexibility index (Phi) is 3.53. The highest BCUT2D eigenvalue weighted by Gasteiger charge is 2.44. The molecule has 4 rings (SSSR count). The van der Waals surface area contributed by atoms with Crippen molar-refractivity contribution in [2.75, 3.05) is 0 Å². The Labute approximate surface area is 150 Å². The van der Waals surface area contributed by atoms with Crippen molar-refractivity contribution in [3.05, 3.63) is 35.4 Å². The maximum Gasteiger partial charge on any atom is 0.174 e. The Hall–Kier alpha value is -2.60. The molecule has 1 aromatic rings. The predicted octanol–water partition coefficient (Wildman–Crippen LogP) is 2.56. The van der Waals surface area contributed by atoms with Crippen molar-refractivity contribution < 1.29 is 29.3 Å². The number of fused-ring (bicyclic) bond motifs is 2. The minimum Gasteiger partial charge on any atom is -0.506 e. The number of aromatic hydroxyl groups is 1. The van der Waals surface area contributed by atoms with Crippen LogP contribution in [0.1, 0.15) is 49.0 Å². The van der Waals surface area contributed by atoms with Crippen molar-refractivity contribution in [3.8, 4) is 17.2 Å². The minimum atomic E-state index is -1.40. The van der Waals surface area contributed by atoms with Crippen molar-refractivity contribution in [1.82, 2.24) is 0 Å². The first kappa shape index (κ1) is 16.8. The summed E-state index contributed by atoms with van der Waals surface area (Å²) in [6, 6.07) is 1.58. The summed E-state index contributed by atoms with van der Waals surface area (Å²) >= 11 is 0. The Morgan fingerprint density at radius 3 is 2.62 bits per heavy atom. The first-order chi connectivity index (χ1) is 12.2. The summed E-state index contributed by atoms with van der Waals surface area (Å²) in [5.41, 5.74) is -1.39. The molecule has 2 aliphatic heterocycles. The van der Waals surface area contributed by atoms with Crippen molar-refractivity contribution in [3.63, 3.8) is 0 Å². The average molecular weight is 356 g/mol. The molecule has 0 spiro atoms. The summed E-state index contributed by atoms with van der Waals surface area (Å²) in [6.45, 7) is 3.76. The molecular weight excluding hydrogens is 336 g/mol. The Morgan fingerprint density at radius 1 is 1.15 bits per heavy atom. The zero-order chi connectivity index (χ0) is 18.7. The fourth-order valence-electron chi connectivity index (χ4n) is 3.59. The lowest BCUT2D eigenvalue weighted by atomic mass is 9.81. The molecule has 0 aromatic heterocycles. The van der Waals surface area contributed by atoms with Crippen LogP contribution in [0.4, 0.5) is 0 Å². The topological polar surface area (TPSA) is 93.1 Å². The van der Waals surface area contributed by atoms with Gasteiger partial charge in [0.25, 0.3) is 0 Å². The second-order valence-corrected chi connectivity index (χ2v) is 7.57. The summed E-state index contributed by atoms with van der Waals surface area (Å²) in [4.78, 5) is 24.1. The number of ketones is 2. The second kappa shape index (κ2) is 5.45. The van der Waals surface area contributed by atoms with Gasteiger partial charge >= 0.3 is 0 Å². The van der Waals surface area contributed by atoms with Gasteiger partial charge in [0.05, 0.1) is 12.0 Å². The predicted molar refractivity (Wildman–Crippen MR) is 93.5 cm³/mol. The molecule has 2 N–H and O–H groups in total. The van der Waals surface area contributed by atoms with Gasteiger partial charge in [-0.15, -0.1) is 0 Å². The van der Waals surface area contributed by atoms with Crippen LogP contribution in [0, 0.1) is 0 Å². The quantitative estimate of drug-likeness (QED) is 0.803. The molecule has 1 aliphatic carbocycles. The van der Waals surface area contributed by atoms with Crippen LogP contribution in [0.5, 0.6) is 17.2 Å². The van der Waals surface area contributed by atoms with Gasteiger partial charge in [-0.25, -0.2) is 0 Å².